The topological polar surface area (TPSA) is 47.6 Å². The molecule has 1 N–H and O–H groups in total. The van der Waals surface area contributed by atoms with E-state index in [0.29, 0.717) is 11.4 Å². The average molecular weight is 289 g/mol. The van der Waals surface area contributed by atoms with E-state index in [0.717, 1.165) is 5.75 Å². The second-order valence-corrected chi connectivity index (χ2v) is 4.33. The van der Waals surface area contributed by atoms with Crippen molar-refractivity contribution in [3.63, 3.8) is 0 Å². The first-order valence-corrected chi connectivity index (χ1v) is 6.49. The molecule has 0 saturated carbocycles. The van der Waals surface area contributed by atoms with E-state index in [1.165, 1.54) is 24.3 Å². The van der Waals surface area contributed by atoms with Gasteiger partial charge in [0.1, 0.15) is 17.3 Å². The van der Waals surface area contributed by atoms with Crippen LogP contribution in [-0.2, 0) is 4.79 Å². The smallest absolute Gasteiger partial charge is 0.227 e. The number of methoxy groups -OCH3 is 1. The molecule has 0 unspecified atom stereocenters. The van der Waals surface area contributed by atoms with Crippen molar-refractivity contribution in [3.05, 3.63) is 54.3 Å². The summed E-state index contributed by atoms with van der Waals surface area (Å²) in [5, 5.41) is 2.75. The van der Waals surface area contributed by atoms with Crippen LogP contribution < -0.4 is 14.8 Å². The quantitative estimate of drug-likeness (QED) is 0.888. The third-order valence-corrected chi connectivity index (χ3v) is 2.79. The number of hydrogen-bond donors (Lipinski definition) is 1. The summed E-state index contributed by atoms with van der Waals surface area (Å²) in [5.74, 6) is 0.795. The van der Waals surface area contributed by atoms with Crippen LogP contribution in [0.25, 0.3) is 0 Å². The van der Waals surface area contributed by atoms with Crippen LogP contribution in [0.2, 0.25) is 0 Å². The van der Waals surface area contributed by atoms with Crippen LogP contribution in [0.5, 0.6) is 11.5 Å². The number of anilines is 1. The summed E-state index contributed by atoms with van der Waals surface area (Å²) in [6.07, 6.45) is 0.212. The fourth-order valence-electron chi connectivity index (χ4n) is 1.69. The zero-order chi connectivity index (χ0) is 15.1. The van der Waals surface area contributed by atoms with Crippen LogP contribution in [-0.4, -0.2) is 19.6 Å². The van der Waals surface area contributed by atoms with Gasteiger partial charge in [-0.25, -0.2) is 4.39 Å². The van der Waals surface area contributed by atoms with Crippen LogP contribution in [0.15, 0.2) is 48.5 Å². The van der Waals surface area contributed by atoms with E-state index in [4.69, 9.17) is 9.47 Å². The van der Waals surface area contributed by atoms with Crippen LogP contribution in [0, 0.1) is 5.82 Å². The van der Waals surface area contributed by atoms with E-state index in [1.807, 2.05) is 0 Å². The summed E-state index contributed by atoms with van der Waals surface area (Å²) in [5.41, 5.74) is 0.697. The number of amides is 1. The number of carbonyl (C=O) groups is 1. The monoisotopic (exact) mass is 289 g/mol. The molecule has 2 rings (SSSR count). The van der Waals surface area contributed by atoms with Gasteiger partial charge in [0.25, 0.3) is 0 Å². The molecule has 0 atom stereocenters. The first kappa shape index (κ1) is 14.8. The van der Waals surface area contributed by atoms with Gasteiger partial charge in [0.2, 0.25) is 5.91 Å². The number of carbonyl (C=O) groups excluding carboxylic acids is 1. The summed E-state index contributed by atoms with van der Waals surface area (Å²) in [6, 6.07) is 12.7. The van der Waals surface area contributed by atoms with Gasteiger partial charge in [0.05, 0.1) is 20.1 Å². The van der Waals surface area contributed by atoms with Crippen molar-refractivity contribution >= 4 is 11.6 Å². The van der Waals surface area contributed by atoms with Crippen molar-refractivity contribution in [1.82, 2.24) is 0 Å². The first-order valence-electron chi connectivity index (χ1n) is 6.49. The standard InChI is InChI=1S/C16H16FNO3/c1-20-14-8-4-13(5-9-14)18-16(19)10-11-21-15-6-2-12(17)3-7-15/h2-9H,10-11H2,1H3,(H,18,19). The van der Waals surface area contributed by atoms with Gasteiger partial charge in [0.15, 0.2) is 0 Å². The van der Waals surface area contributed by atoms with Gasteiger partial charge in [-0.3, -0.25) is 4.79 Å². The summed E-state index contributed by atoms with van der Waals surface area (Å²) in [4.78, 5) is 11.7. The molecular weight excluding hydrogens is 273 g/mol. The zero-order valence-corrected chi connectivity index (χ0v) is 11.6. The van der Waals surface area contributed by atoms with Crippen LogP contribution >= 0.6 is 0 Å². The van der Waals surface area contributed by atoms with Gasteiger partial charge in [-0.1, -0.05) is 0 Å². The number of halogens is 1. The molecule has 1 amide bonds. The van der Waals surface area contributed by atoms with Gasteiger partial charge >= 0.3 is 0 Å². The molecule has 0 fully saturated rings. The van der Waals surface area contributed by atoms with Crippen molar-refractivity contribution in [2.75, 3.05) is 19.0 Å². The van der Waals surface area contributed by atoms with Crippen LogP contribution in [0.3, 0.4) is 0 Å². The maximum Gasteiger partial charge on any atom is 0.227 e. The van der Waals surface area contributed by atoms with E-state index < -0.39 is 0 Å². The predicted octanol–water partition coefficient (Wildman–Crippen LogP) is 3.24. The van der Waals surface area contributed by atoms with Crippen LogP contribution in [0.1, 0.15) is 6.42 Å². The molecule has 2 aromatic carbocycles. The Hall–Kier alpha value is -2.56. The molecule has 0 aromatic heterocycles. The first-order chi connectivity index (χ1) is 10.2. The average Bonchev–Trinajstić information content (AvgIpc) is 2.50. The largest absolute Gasteiger partial charge is 0.497 e. The second kappa shape index (κ2) is 7.28. The lowest BCUT2D eigenvalue weighted by Crippen LogP contribution is -2.15. The minimum atomic E-state index is -0.320. The molecule has 21 heavy (non-hydrogen) atoms. The van der Waals surface area contributed by atoms with E-state index in [1.54, 1.807) is 31.4 Å². The van der Waals surface area contributed by atoms with Gasteiger partial charge in [-0.15, -0.1) is 0 Å². The van der Waals surface area contributed by atoms with E-state index >= 15 is 0 Å². The zero-order valence-electron chi connectivity index (χ0n) is 11.6. The SMILES string of the molecule is COc1ccc(NC(=O)CCOc2ccc(F)cc2)cc1. The summed E-state index contributed by atoms with van der Waals surface area (Å²) < 4.78 is 23.1. The molecule has 0 heterocycles. The highest BCUT2D eigenvalue weighted by molar-refractivity contribution is 5.90. The number of rotatable bonds is 6. The molecule has 5 heteroatoms. The number of benzene rings is 2. The maximum absolute atomic E-state index is 12.7. The third kappa shape index (κ3) is 4.80. The van der Waals surface area contributed by atoms with E-state index in [9.17, 15) is 9.18 Å². The Balaban J connectivity index is 1.75. The van der Waals surface area contributed by atoms with Crippen molar-refractivity contribution in [1.29, 1.82) is 0 Å². The highest BCUT2D eigenvalue weighted by atomic mass is 19.1. The minimum Gasteiger partial charge on any atom is -0.497 e. The summed E-state index contributed by atoms with van der Waals surface area (Å²) in [6.45, 7) is 0.230. The summed E-state index contributed by atoms with van der Waals surface area (Å²) in [7, 11) is 1.58. The third-order valence-electron chi connectivity index (χ3n) is 2.79. The Kier molecular flexibility index (Phi) is 5.15. The molecular formula is C16H16FNO3. The van der Waals surface area contributed by atoms with Crippen molar-refractivity contribution in [2.24, 2.45) is 0 Å². The predicted molar refractivity (Wildman–Crippen MR) is 78.1 cm³/mol. The lowest BCUT2D eigenvalue weighted by molar-refractivity contribution is -0.116. The van der Waals surface area contributed by atoms with Crippen molar-refractivity contribution in [3.8, 4) is 11.5 Å². The molecule has 4 nitrogen and oxygen atoms in total. The molecule has 0 aliphatic heterocycles. The van der Waals surface area contributed by atoms with Gasteiger partial charge < -0.3 is 14.8 Å². The fraction of sp³-hybridized carbons (Fsp3) is 0.188. The number of hydrogen-bond acceptors (Lipinski definition) is 3. The Morgan fingerprint density at radius 2 is 1.67 bits per heavy atom. The number of ether oxygens (including phenoxy) is 2. The van der Waals surface area contributed by atoms with Gasteiger partial charge in [-0.05, 0) is 48.5 Å². The lowest BCUT2D eigenvalue weighted by Gasteiger charge is -2.08. The Morgan fingerprint density at radius 1 is 1.05 bits per heavy atom. The Bertz CT molecular complexity index is 581. The van der Waals surface area contributed by atoms with E-state index in [2.05, 4.69) is 5.32 Å². The number of nitrogens with one attached hydrogen (secondary N) is 1. The molecule has 0 bridgehead atoms. The Morgan fingerprint density at radius 3 is 2.29 bits per heavy atom. The van der Waals surface area contributed by atoms with Gasteiger partial charge in [-0.2, -0.15) is 0 Å². The molecule has 0 spiro atoms. The minimum absolute atomic E-state index is 0.151. The molecule has 2 aromatic rings. The Labute approximate surface area is 122 Å². The molecule has 0 aliphatic carbocycles. The molecule has 0 aliphatic rings. The molecule has 0 saturated heterocycles. The normalized spacial score (nSPS) is 10.0. The van der Waals surface area contributed by atoms with E-state index in [-0.39, 0.29) is 24.8 Å². The summed E-state index contributed by atoms with van der Waals surface area (Å²) >= 11 is 0. The second-order valence-electron chi connectivity index (χ2n) is 4.33. The fourth-order valence-corrected chi connectivity index (χ4v) is 1.69. The maximum atomic E-state index is 12.7. The highest BCUT2D eigenvalue weighted by Crippen LogP contribution is 2.15. The van der Waals surface area contributed by atoms with Gasteiger partial charge in [0, 0.05) is 5.69 Å². The van der Waals surface area contributed by atoms with Crippen molar-refractivity contribution < 1.29 is 18.7 Å². The van der Waals surface area contributed by atoms with Crippen molar-refractivity contribution in [2.45, 2.75) is 6.42 Å². The lowest BCUT2D eigenvalue weighted by atomic mass is 10.3. The highest BCUT2D eigenvalue weighted by Gasteiger charge is 2.03. The molecule has 110 valence electrons. The molecule has 0 radical (unpaired) electrons. The van der Waals surface area contributed by atoms with Crippen LogP contribution in [0.4, 0.5) is 10.1 Å².